The van der Waals surface area contributed by atoms with Crippen molar-refractivity contribution < 1.29 is 0 Å². The molecule has 3 unspecified atom stereocenters. The zero-order valence-electron chi connectivity index (χ0n) is 38.6. The Hall–Kier alpha value is -7.32. The SMILES string of the molecule is CC(c1ccc2c(c1)C(c1ccccc1)(c1ccccc1)c1cc(CCC(Cc3ccccc3)c3ccccc3)c3ccccc3c1-2)C(Cc1ccccc1)c1cccc2sc3ccccc3c12. The number of thiophene rings is 1. The lowest BCUT2D eigenvalue weighted by atomic mass is 9.66. The third-order valence-corrected chi connectivity index (χ3v) is 16.4. The lowest BCUT2D eigenvalue weighted by molar-refractivity contribution is 0.575. The van der Waals surface area contributed by atoms with E-state index in [4.69, 9.17) is 0 Å². The van der Waals surface area contributed by atoms with Crippen LogP contribution in [-0.4, -0.2) is 0 Å². The molecular weight excluding hydrogens is 837 g/mol. The van der Waals surface area contributed by atoms with Crippen molar-refractivity contribution in [1.82, 2.24) is 0 Å². The molecule has 0 fully saturated rings. The van der Waals surface area contributed by atoms with Gasteiger partial charge in [0.2, 0.25) is 0 Å². The Morgan fingerprint density at radius 3 is 1.68 bits per heavy atom. The van der Waals surface area contributed by atoms with Crippen molar-refractivity contribution in [2.75, 3.05) is 0 Å². The first-order valence-corrected chi connectivity index (χ1v) is 25.3. The number of benzene rings is 10. The van der Waals surface area contributed by atoms with Gasteiger partial charge in [-0.25, -0.2) is 0 Å². The third kappa shape index (κ3) is 7.38. The van der Waals surface area contributed by atoms with Gasteiger partial charge in [-0.2, -0.15) is 0 Å². The van der Waals surface area contributed by atoms with Gasteiger partial charge in [0.15, 0.2) is 0 Å². The lowest BCUT2D eigenvalue weighted by Crippen LogP contribution is -2.29. The molecule has 3 atom stereocenters. The van der Waals surface area contributed by atoms with Gasteiger partial charge < -0.3 is 0 Å². The molecule has 0 radical (unpaired) electrons. The predicted molar refractivity (Wildman–Crippen MR) is 290 cm³/mol. The van der Waals surface area contributed by atoms with E-state index >= 15 is 0 Å². The minimum Gasteiger partial charge on any atom is -0.135 e. The van der Waals surface area contributed by atoms with Crippen LogP contribution in [0.2, 0.25) is 0 Å². The summed E-state index contributed by atoms with van der Waals surface area (Å²) >= 11 is 1.92. The minimum absolute atomic E-state index is 0.213. The van der Waals surface area contributed by atoms with Crippen LogP contribution in [0, 0.1) is 0 Å². The first-order chi connectivity index (χ1) is 33.6. The summed E-state index contributed by atoms with van der Waals surface area (Å²) in [5.74, 6) is 0.843. The lowest BCUT2D eigenvalue weighted by Gasteiger charge is -2.35. The fraction of sp³-hybridized carbons (Fsp3) is 0.134. The van der Waals surface area contributed by atoms with Gasteiger partial charge in [-0.15, -0.1) is 11.3 Å². The predicted octanol–water partition coefficient (Wildman–Crippen LogP) is 17.7. The van der Waals surface area contributed by atoms with Crippen LogP contribution in [-0.2, 0) is 24.7 Å². The van der Waals surface area contributed by atoms with Gasteiger partial charge in [0.05, 0.1) is 5.41 Å². The van der Waals surface area contributed by atoms with E-state index in [2.05, 4.69) is 250 Å². The van der Waals surface area contributed by atoms with Gasteiger partial charge in [0.1, 0.15) is 0 Å². The van der Waals surface area contributed by atoms with E-state index in [0.717, 1.165) is 25.7 Å². The summed E-state index contributed by atoms with van der Waals surface area (Å²) in [5.41, 5.74) is 15.9. The van der Waals surface area contributed by atoms with Crippen LogP contribution in [0.5, 0.6) is 0 Å². The third-order valence-electron chi connectivity index (χ3n) is 15.3. The molecule has 0 N–H and O–H groups in total. The fourth-order valence-electron chi connectivity index (χ4n) is 12.0. The largest absolute Gasteiger partial charge is 0.135 e. The Bertz CT molecular complexity index is 3480. The zero-order valence-corrected chi connectivity index (χ0v) is 39.4. The highest BCUT2D eigenvalue weighted by atomic mass is 32.1. The van der Waals surface area contributed by atoms with Crippen LogP contribution in [0.25, 0.3) is 42.1 Å². The molecule has 1 aliphatic carbocycles. The molecule has 0 spiro atoms. The minimum atomic E-state index is -0.539. The van der Waals surface area contributed by atoms with Crippen molar-refractivity contribution in [3.8, 4) is 11.1 Å². The van der Waals surface area contributed by atoms with Gasteiger partial charge in [0.25, 0.3) is 0 Å². The maximum atomic E-state index is 2.63. The highest BCUT2D eigenvalue weighted by Gasteiger charge is 2.47. The first kappa shape index (κ1) is 42.1. The number of hydrogen-bond donors (Lipinski definition) is 0. The van der Waals surface area contributed by atoms with Crippen LogP contribution in [0.1, 0.15) is 86.7 Å². The highest BCUT2D eigenvalue weighted by molar-refractivity contribution is 7.25. The molecule has 11 aromatic rings. The maximum absolute atomic E-state index is 2.63. The second kappa shape index (κ2) is 18.1. The molecule has 0 aliphatic heterocycles. The van der Waals surface area contributed by atoms with Crippen molar-refractivity contribution in [3.05, 3.63) is 298 Å². The molecule has 0 amide bonds. The molecule has 328 valence electrons. The smallest absolute Gasteiger partial charge is 0.0713 e. The van der Waals surface area contributed by atoms with E-state index in [0.29, 0.717) is 5.92 Å². The normalized spacial score (nSPS) is 14.1. The fourth-order valence-corrected chi connectivity index (χ4v) is 13.2. The summed E-state index contributed by atoms with van der Waals surface area (Å²) in [6, 6.07) is 91.7. The van der Waals surface area contributed by atoms with Crippen molar-refractivity contribution >= 4 is 42.3 Å². The van der Waals surface area contributed by atoms with Crippen LogP contribution in [0.3, 0.4) is 0 Å². The van der Waals surface area contributed by atoms with Gasteiger partial charge in [-0.05, 0) is 133 Å². The topological polar surface area (TPSA) is 0 Å². The summed E-state index contributed by atoms with van der Waals surface area (Å²) in [6.45, 7) is 2.49. The standard InChI is InChI=1S/C67H54S/c1-46(60(43-48-24-9-3-10-25-48)57-35-21-37-64-66(57)59-34-19-20-36-63(59)68-64)50-40-41-58-61(44-50)67(53-28-13-5-14-29-53,54-30-15-6-16-31-54)62-45-52(55-32-17-18-33-56(55)65(58)62)39-38-51(49-26-11-4-12-27-49)42-47-22-7-2-8-23-47/h2-37,40-41,44-46,51,60H,38-39,42-43H2,1H3. The molecule has 12 rings (SSSR count). The molecule has 0 bridgehead atoms. The Balaban J connectivity index is 1.05. The van der Waals surface area contributed by atoms with Gasteiger partial charge >= 0.3 is 0 Å². The van der Waals surface area contributed by atoms with E-state index in [9.17, 15) is 0 Å². The summed E-state index contributed by atoms with van der Waals surface area (Å²) in [4.78, 5) is 0. The molecule has 0 nitrogen and oxygen atoms in total. The van der Waals surface area contributed by atoms with Crippen molar-refractivity contribution in [2.24, 2.45) is 0 Å². The van der Waals surface area contributed by atoms with Crippen LogP contribution < -0.4 is 0 Å². The average Bonchev–Trinajstić information content (AvgIpc) is 3.94. The van der Waals surface area contributed by atoms with Crippen LogP contribution >= 0.6 is 11.3 Å². The van der Waals surface area contributed by atoms with Crippen molar-refractivity contribution in [1.29, 1.82) is 0 Å². The van der Waals surface area contributed by atoms with Gasteiger partial charge in [-0.3, -0.25) is 0 Å². The number of hydrogen-bond acceptors (Lipinski definition) is 1. The van der Waals surface area contributed by atoms with E-state index in [1.807, 2.05) is 11.3 Å². The summed E-state index contributed by atoms with van der Waals surface area (Å²) < 4.78 is 2.72. The molecule has 0 saturated heterocycles. The van der Waals surface area contributed by atoms with E-state index < -0.39 is 5.41 Å². The van der Waals surface area contributed by atoms with Crippen molar-refractivity contribution in [3.63, 3.8) is 0 Å². The molecule has 1 heterocycles. The monoisotopic (exact) mass is 890 g/mol. The zero-order chi connectivity index (χ0) is 45.4. The Kier molecular flexibility index (Phi) is 11.2. The second-order valence-corrected chi connectivity index (χ2v) is 20.1. The molecular formula is C67H54S. The maximum Gasteiger partial charge on any atom is 0.0713 e. The Morgan fingerprint density at radius 1 is 0.441 bits per heavy atom. The highest BCUT2D eigenvalue weighted by Crippen LogP contribution is 2.59. The Morgan fingerprint density at radius 2 is 1.00 bits per heavy atom. The van der Waals surface area contributed by atoms with E-state index in [1.54, 1.807) is 0 Å². The van der Waals surface area contributed by atoms with Crippen molar-refractivity contribution in [2.45, 2.75) is 55.8 Å². The van der Waals surface area contributed by atoms with Crippen LogP contribution in [0.4, 0.5) is 0 Å². The molecule has 1 aliphatic rings. The molecule has 68 heavy (non-hydrogen) atoms. The van der Waals surface area contributed by atoms with Gasteiger partial charge in [0, 0.05) is 20.2 Å². The second-order valence-electron chi connectivity index (χ2n) is 19.0. The first-order valence-electron chi connectivity index (χ1n) is 24.5. The average molecular weight is 891 g/mol. The summed E-state index contributed by atoms with van der Waals surface area (Å²) in [7, 11) is 0. The van der Waals surface area contributed by atoms with E-state index in [1.165, 1.54) is 97.7 Å². The molecule has 1 heteroatoms. The van der Waals surface area contributed by atoms with Crippen LogP contribution in [0.15, 0.2) is 243 Å². The Labute approximate surface area is 405 Å². The number of fused-ring (bicyclic) bond motifs is 8. The quantitative estimate of drug-likeness (QED) is 0.108. The van der Waals surface area contributed by atoms with Gasteiger partial charge in [-0.1, -0.05) is 237 Å². The number of rotatable bonds is 13. The molecule has 1 aromatic heterocycles. The van der Waals surface area contributed by atoms with E-state index in [-0.39, 0.29) is 11.8 Å². The number of aryl methyl sites for hydroxylation is 1. The molecule has 10 aromatic carbocycles. The summed E-state index contributed by atoms with van der Waals surface area (Å²) in [6.07, 6.45) is 3.99. The summed E-state index contributed by atoms with van der Waals surface area (Å²) in [5, 5.41) is 5.47. The molecule has 0 saturated carbocycles.